The Labute approximate surface area is 102 Å². The summed E-state index contributed by atoms with van der Waals surface area (Å²) in [7, 11) is 1.65. The molecule has 0 aromatic heterocycles. The summed E-state index contributed by atoms with van der Waals surface area (Å²) in [6, 6.07) is 7.76. The molecule has 1 aromatic rings. The molecular weight excluding hydrogens is 218 g/mol. The Bertz CT molecular complexity index is 350. The lowest BCUT2D eigenvalue weighted by molar-refractivity contribution is 0.169. The Hall–Kier alpha value is -1.26. The van der Waals surface area contributed by atoms with E-state index in [-0.39, 0.29) is 12.6 Å². The lowest BCUT2D eigenvalue weighted by Gasteiger charge is -2.23. The van der Waals surface area contributed by atoms with Crippen molar-refractivity contribution in [2.24, 2.45) is 5.92 Å². The second-order valence-corrected chi connectivity index (χ2v) is 4.26. The van der Waals surface area contributed by atoms with Crippen LogP contribution in [-0.4, -0.2) is 38.1 Å². The van der Waals surface area contributed by atoms with Crippen molar-refractivity contribution in [1.29, 1.82) is 0 Å². The van der Waals surface area contributed by atoms with Crippen LogP contribution in [0.3, 0.4) is 0 Å². The summed E-state index contributed by atoms with van der Waals surface area (Å²) >= 11 is 0. The number of aliphatic hydroxyl groups excluding tert-OH is 1. The smallest absolute Gasteiger partial charge is 0.141 e. The fraction of sp³-hybridized carbons (Fsp3) is 0.538. The third-order valence-electron chi connectivity index (χ3n) is 3.18. The zero-order chi connectivity index (χ0) is 12.1. The molecule has 2 N–H and O–H groups in total. The van der Waals surface area contributed by atoms with Crippen molar-refractivity contribution >= 4 is 5.69 Å². The van der Waals surface area contributed by atoms with Gasteiger partial charge in [-0.2, -0.15) is 0 Å². The summed E-state index contributed by atoms with van der Waals surface area (Å²) in [5.41, 5.74) is 0.918. The van der Waals surface area contributed by atoms with Gasteiger partial charge in [-0.15, -0.1) is 0 Å². The van der Waals surface area contributed by atoms with Crippen LogP contribution in [0.5, 0.6) is 5.75 Å². The number of ether oxygens (including phenoxy) is 2. The molecular formula is C13H19NO3. The highest BCUT2D eigenvalue weighted by Gasteiger charge is 2.25. The number of rotatable bonds is 5. The van der Waals surface area contributed by atoms with Gasteiger partial charge in [-0.3, -0.25) is 0 Å². The summed E-state index contributed by atoms with van der Waals surface area (Å²) in [4.78, 5) is 0. The number of para-hydroxylation sites is 2. The summed E-state index contributed by atoms with van der Waals surface area (Å²) < 4.78 is 10.6. The first-order valence-corrected chi connectivity index (χ1v) is 5.93. The normalized spacial score (nSPS) is 21.2. The zero-order valence-corrected chi connectivity index (χ0v) is 10.1. The van der Waals surface area contributed by atoms with Gasteiger partial charge >= 0.3 is 0 Å². The van der Waals surface area contributed by atoms with E-state index in [1.54, 1.807) is 7.11 Å². The maximum absolute atomic E-state index is 9.45. The van der Waals surface area contributed by atoms with E-state index in [1.807, 2.05) is 24.3 Å². The highest BCUT2D eigenvalue weighted by atomic mass is 16.5. The maximum atomic E-state index is 9.45. The standard InChI is InChI=1S/C13H19NO3/c1-16-13-5-3-2-4-11(13)14-12(8-15)10-6-7-17-9-10/h2-5,10,12,14-15H,6-9H2,1H3. The third kappa shape index (κ3) is 2.90. The van der Waals surface area contributed by atoms with Crippen molar-refractivity contribution in [3.05, 3.63) is 24.3 Å². The van der Waals surface area contributed by atoms with Crippen LogP contribution in [0.2, 0.25) is 0 Å². The molecule has 0 aliphatic carbocycles. The Morgan fingerprint density at radius 2 is 2.35 bits per heavy atom. The number of anilines is 1. The quantitative estimate of drug-likeness (QED) is 0.815. The SMILES string of the molecule is COc1ccccc1NC(CO)C1CCOC1. The number of nitrogens with one attached hydrogen (secondary N) is 1. The Kier molecular flexibility index (Phi) is 4.23. The van der Waals surface area contributed by atoms with Gasteiger partial charge in [0.25, 0.3) is 0 Å². The largest absolute Gasteiger partial charge is 0.495 e. The molecule has 0 spiro atoms. The van der Waals surface area contributed by atoms with Gasteiger partial charge in [0.1, 0.15) is 5.75 Å². The first-order valence-electron chi connectivity index (χ1n) is 5.93. The molecule has 0 amide bonds. The summed E-state index contributed by atoms with van der Waals surface area (Å²) in [6.45, 7) is 1.61. The highest BCUT2D eigenvalue weighted by Crippen LogP contribution is 2.27. The van der Waals surface area contributed by atoms with Gasteiger partial charge in [-0.1, -0.05) is 12.1 Å². The minimum atomic E-state index is 0.0220. The predicted molar refractivity (Wildman–Crippen MR) is 66.4 cm³/mol. The molecule has 0 bridgehead atoms. The van der Waals surface area contributed by atoms with Crippen LogP contribution in [0.1, 0.15) is 6.42 Å². The van der Waals surface area contributed by atoms with Crippen LogP contribution in [-0.2, 0) is 4.74 Å². The number of methoxy groups -OCH3 is 1. The summed E-state index contributed by atoms with van der Waals surface area (Å²) in [6.07, 6.45) is 0.993. The van der Waals surface area contributed by atoms with Crippen LogP contribution in [0.25, 0.3) is 0 Å². The molecule has 0 saturated carbocycles. The second kappa shape index (κ2) is 5.89. The number of hydrogen-bond acceptors (Lipinski definition) is 4. The van der Waals surface area contributed by atoms with Gasteiger partial charge in [0, 0.05) is 12.5 Å². The molecule has 2 atom stereocenters. The maximum Gasteiger partial charge on any atom is 0.141 e. The van der Waals surface area contributed by atoms with E-state index in [1.165, 1.54) is 0 Å². The van der Waals surface area contributed by atoms with Gasteiger partial charge < -0.3 is 19.9 Å². The Morgan fingerprint density at radius 3 is 3.00 bits per heavy atom. The second-order valence-electron chi connectivity index (χ2n) is 4.26. The van der Waals surface area contributed by atoms with Crippen molar-refractivity contribution in [3.63, 3.8) is 0 Å². The highest BCUT2D eigenvalue weighted by molar-refractivity contribution is 5.56. The van der Waals surface area contributed by atoms with Crippen molar-refractivity contribution < 1.29 is 14.6 Å². The van der Waals surface area contributed by atoms with Crippen LogP contribution in [0.15, 0.2) is 24.3 Å². The molecule has 1 saturated heterocycles. The first kappa shape index (κ1) is 12.2. The first-order chi connectivity index (χ1) is 8.35. The van der Waals surface area contributed by atoms with Gasteiger partial charge in [-0.25, -0.2) is 0 Å². The monoisotopic (exact) mass is 237 g/mol. The molecule has 1 fully saturated rings. The molecule has 1 aromatic carbocycles. The Balaban J connectivity index is 2.06. The summed E-state index contributed by atoms with van der Waals surface area (Å²) in [5, 5.41) is 12.8. The molecule has 1 aliphatic heterocycles. The van der Waals surface area contributed by atoms with Gasteiger partial charge in [-0.05, 0) is 18.6 Å². The van der Waals surface area contributed by atoms with Crippen LogP contribution in [0, 0.1) is 5.92 Å². The zero-order valence-electron chi connectivity index (χ0n) is 10.1. The van der Waals surface area contributed by atoms with E-state index in [2.05, 4.69) is 5.32 Å². The van der Waals surface area contributed by atoms with Crippen LogP contribution < -0.4 is 10.1 Å². The van der Waals surface area contributed by atoms with Crippen LogP contribution in [0.4, 0.5) is 5.69 Å². The van der Waals surface area contributed by atoms with E-state index < -0.39 is 0 Å². The van der Waals surface area contributed by atoms with E-state index in [4.69, 9.17) is 9.47 Å². The van der Waals surface area contributed by atoms with Crippen molar-refractivity contribution in [2.45, 2.75) is 12.5 Å². The molecule has 1 heterocycles. The van der Waals surface area contributed by atoms with E-state index in [0.29, 0.717) is 12.5 Å². The van der Waals surface area contributed by atoms with Gasteiger partial charge in [0.15, 0.2) is 0 Å². The third-order valence-corrected chi connectivity index (χ3v) is 3.18. The minimum Gasteiger partial charge on any atom is -0.495 e. The lowest BCUT2D eigenvalue weighted by atomic mass is 9.99. The lowest BCUT2D eigenvalue weighted by Crippen LogP contribution is -2.33. The van der Waals surface area contributed by atoms with E-state index >= 15 is 0 Å². The molecule has 4 heteroatoms. The molecule has 1 aliphatic rings. The predicted octanol–water partition coefficient (Wildman–Crippen LogP) is 1.50. The van der Waals surface area contributed by atoms with Gasteiger partial charge in [0.2, 0.25) is 0 Å². The molecule has 94 valence electrons. The average molecular weight is 237 g/mol. The van der Waals surface area contributed by atoms with Crippen molar-refractivity contribution in [1.82, 2.24) is 0 Å². The van der Waals surface area contributed by atoms with E-state index in [0.717, 1.165) is 24.5 Å². The van der Waals surface area contributed by atoms with Crippen LogP contribution >= 0.6 is 0 Å². The van der Waals surface area contributed by atoms with Crippen molar-refractivity contribution in [3.8, 4) is 5.75 Å². The molecule has 2 unspecified atom stereocenters. The average Bonchev–Trinajstić information content (AvgIpc) is 2.90. The number of aliphatic hydroxyl groups is 1. The fourth-order valence-corrected chi connectivity index (χ4v) is 2.15. The minimum absolute atomic E-state index is 0.0220. The summed E-state index contributed by atoms with van der Waals surface area (Å²) in [5.74, 6) is 1.16. The number of hydrogen-bond donors (Lipinski definition) is 2. The molecule has 17 heavy (non-hydrogen) atoms. The topological polar surface area (TPSA) is 50.7 Å². The molecule has 4 nitrogen and oxygen atoms in total. The van der Waals surface area contributed by atoms with Gasteiger partial charge in [0.05, 0.1) is 32.1 Å². The van der Waals surface area contributed by atoms with Crippen molar-refractivity contribution in [2.75, 3.05) is 32.2 Å². The number of benzene rings is 1. The molecule has 0 radical (unpaired) electrons. The molecule has 2 rings (SSSR count). The fourth-order valence-electron chi connectivity index (χ4n) is 2.15. The van der Waals surface area contributed by atoms with E-state index in [9.17, 15) is 5.11 Å². The Morgan fingerprint density at radius 1 is 1.53 bits per heavy atom.